The Bertz CT molecular complexity index is 584. The van der Waals surface area contributed by atoms with Gasteiger partial charge in [0.05, 0.1) is 0 Å². The van der Waals surface area contributed by atoms with Crippen molar-refractivity contribution in [2.24, 2.45) is 5.10 Å². The number of hydrogen-bond acceptors (Lipinski definition) is 5. The van der Waals surface area contributed by atoms with Crippen LogP contribution in [-0.4, -0.2) is 40.4 Å². The quantitative estimate of drug-likeness (QED) is 0.619. The van der Waals surface area contributed by atoms with Crippen molar-refractivity contribution in [1.82, 2.24) is 9.88 Å². The van der Waals surface area contributed by atoms with Crippen LogP contribution in [0.5, 0.6) is 0 Å². The molecule has 1 saturated heterocycles. The van der Waals surface area contributed by atoms with Crippen molar-refractivity contribution in [3.05, 3.63) is 22.8 Å². The molecule has 1 aliphatic heterocycles. The minimum absolute atomic E-state index is 0.250. The lowest BCUT2D eigenvalue weighted by molar-refractivity contribution is 0.0259. The molecule has 1 fully saturated rings. The van der Waals surface area contributed by atoms with Crippen LogP contribution in [0.1, 0.15) is 40.0 Å². The normalized spacial score (nSPS) is 17.7. The molecule has 0 saturated carbocycles. The zero-order valence-electron chi connectivity index (χ0n) is 13.8. The van der Waals surface area contributed by atoms with E-state index in [0.29, 0.717) is 18.9 Å². The van der Waals surface area contributed by atoms with Gasteiger partial charge in [-0.1, -0.05) is 6.07 Å². The van der Waals surface area contributed by atoms with E-state index in [1.165, 1.54) is 0 Å². The molecule has 6 nitrogen and oxygen atoms in total. The summed E-state index contributed by atoms with van der Waals surface area (Å²) >= 11 is 3.33. The van der Waals surface area contributed by atoms with Gasteiger partial charge in [-0.25, -0.2) is 9.78 Å². The minimum atomic E-state index is -0.464. The van der Waals surface area contributed by atoms with Crippen molar-refractivity contribution in [2.45, 2.75) is 45.6 Å². The first-order valence-corrected chi connectivity index (χ1v) is 8.55. The van der Waals surface area contributed by atoms with Crippen LogP contribution in [0.2, 0.25) is 0 Å². The molecule has 0 radical (unpaired) electrons. The van der Waals surface area contributed by atoms with E-state index in [4.69, 9.17) is 4.74 Å². The first-order chi connectivity index (χ1) is 10.8. The van der Waals surface area contributed by atoms with Gasteiger partial charge < -0.3 is 9.64 Å². The molecule has 1 aromatic heterocycles. The maximum atomic E-state index is 12.1. The molecule has 0 spiro atoms. The lowest BCUT2D eigenvalue weighted by Gasteiger charge is -2.26. The van der Waals surface area contributed by atoms with Crippen LogP contribution in [0, 0.1) is 0 Å². The molecular formula is C16H23BrN4O2. The van der Waals surface area contributed by atoms with E-state index in [1.807, 2.05) is 39.0 Å². The minimum Gasteiger partial charge on any atom is -0.444 e. The third-order valence-corrected chi connectivity index (χ3v) is 3.70. The number of aromatic nitrogens is 1. The number of rotatable bonds is 2. The summed E-state index contributed by atoms with van der Waals surface area (Å²) in [6, 6.07) is 5.62. The first kappa shape index (κ1) is 17.7. The van der Waals surface area contributed by atoms with E-state index in [2.05, 4.69) is 31.4 Å². The van der Waals surface area contributed by atoms with E-state index in [-0.39, 0.29) is 6.09 Å². The number of pyridine rings is 1. The SMILES string of the molecule is CC(C)(C)OC(=O)N1CCC/C(=N\Nc2cccc(Br)n2)CC1. The Kier molecular flexibility index (Phi) is 5.98. The predicted molar refractivity (Wildman–Crippen MR) is 94.7 cm³/mol. The molecule has 0 aromatic carbocycles. The molecule has 0 bridgehead atoms. The van der Waals surface area contributed by atoms with E-state index < -0.39 is 5.60 Å². The van der Waals surface area contributed by atoms with E-state index >= 15 is 0 Å². The molecule has 2 heterocycles. The largest absolute Gasteiger partial charge is 0.444 e. The number of ether oxygens (including phenoxy) is 1. The number of carbonyl (C=O) groups is 1. The molecule has 1 aromatic rings. The fourth-order valence-electron chi connectivity index (χ4n) is 2.20. The topological polar surface area (TPSA) is 66.8 Å². The van der Waals surface area contributed by atoms with Gasteiger partial charge in [0.25, 0.3) is 0 Å². The van der Waals surface area contributed by atoms with Crippen LogP contribution < -0.4 is 5.43 Å². The van der Waals surface area contributed by atoms with Crippen molar-refractivity contribution < 1.29 is 9.53 Å². The molecule has 0 aliphatic carbocycles. The number of hydrogen-bond donors (Lipinski definition) is 1. The van der Waals surface area contributed by atoms with Gasteiger partial charge in [0.15, 0.2) is 0 Å². The lowest BCUT2D eigenvalue weighted by atomic mass is 10.2. The lowest BCUT2D eigenvalue weighted by Crippen LogP contribution is -2.37. The molecule has 0 unspecified atom stereocenters. The first-order valence-electron chi connectivity index (χ1n) is 7.75. The zero-order valence-corrected chi connectivity index (χ0v) is 15.4. The molecular weight excluding hydrogens is 360 g/mol. The summed E-state index contributed by atoms with van der Waals surface area (Å²) in [5.74, 6) is 0.695. The highest BCUT2D eigenvalue weighted by Gasteiger charge is 2.23. The molecule has 1 aliphatic rings. The molecule has 126 valence electrons. The monoisotopic (exact) mass is 382 g/mol. The third kappa shape index (κ3) is 6.17. The summed E-state index contributed by atoms with van der Waals surface area (Å²) in [5, 5.41) is 4.43. The zero-order chi connectivity index (χ0) is 16.9. The second-order valence-corrected chi connectivity index (χ2v) is 7.27. The van der Waals surface area contributed by atoms with Gasteiger partial charge in [-0.2, -0.15) is 5.10 Å². The summed E-state index contributed by atoms with van der Waals surface area (Å²) in [6.07, 6.45) is 2.23. The molecule has 2 rings (SSSR count). The summed E-state index contributed by atoms with van der Waals surface area (Å²) < 4.78 is 6.19. The number of nitrogens with zero attached hydrogens (tertiary/aromatic N) is 3. The average molecular weight is 383 g/mol. The predicted octanol–water partition coefficient (Wildman–Crippen LogP) is 4.03. The Morgan fingerprint density at radius 1 is 1.35 bits per heavy atom. The number of amides is 1. The number of hydrazone groups is 1. The number of anilines is 1. The van der Waals surface area contributed by atoms with E-state index in [1.54, 1.807) is 4.90 Å². The number of halogens is 1. The Balaban J connectivity index is 1.90. The van der Waals surface area contributed by atoms with Crippen molar-refractivity contribution in [1.29, 1.82) is 0 Å². The highest BCUT2D eigenvalue weighted by molar-refractivity contribution is 9.10. The standard InChI is InChI=1S/C16H23BrN4O2/c1-16(2,3)23-15(22)21-10-5-6-12(9-11-21)19-20-14-8-4-7-13(17)18-14/h4,7-8H,5-6,9-11H2,1-3H3,(H,18,20)/b19-12+. The van der Waals surface area contributed by atoms with Gasteiger partial charge in [-0.05, 0) is 61.7 Å². The fourth-order valence-corrected chi connectivity index (χ4v) is 2.55. The molecule has 0 atom stereocenters. The van der Waals surface area contributed by atoms with Crippen molar-refractivity contribution >= 4 is 33.6 Å². The smallest absolute Gasteiger partial charge is 0.410 e. The van der Waals surface area contributed by atoms with Crippen molar-refractivity contribution in [3.63, 3.8) is 0 Å². The van der Waals surface area contributed by atoms with Crippen LogP contribution in [0.3, 0.4) is 0 Å². The highest BCUT2D eigenvalue weighted by atomic mass is 79.9. The van der Waals surface area contributed by atoms with Gasteiger partial charge in [0, 0.05) is 25.2 Å². The summed E-state index contributed by atoms with van der Waals surface area (Å²) in [6.45, 7) is 6.96. The van der Waals surface area contributed by atoms with Gasteiger partial charge in [0.2, 0.25) is 0 Å². The number of nitrogens with one attached hydrogen (secondary N) is 1. The molecule has 23 heavy (non-hydrogen) atoms. The van der Waals surface area contributed by atoms with E-state index in [0.717, 1.165) is 29.6 Å². The fraction of sp³-hybridized carbons (Fsp3) is 0.562. The van der Waals surface area contributed by atoms with Crippen LogP contribution in [0.25, 0.3) is 0 Å². The maximum absolute atomic E-state index is 12.1. The molecule has 1 N–H and O–H groups in total. The van der Waals surface area contributed by atoms with Crippen molar-refractivity contribution in [3.8, 4) is 0 Å². The number of carbonyl (C=O) groups excluding carboxylic acids is 1. The highest BCUT2D eigenvalue weighted by Crippen LogP contribution is 2.15. The van der Waals surface area contributed by atoms with Gasteiger partial charge >= 0.3 is 6.09 Å². The van der Waals surface area contributed by atoms with Crippen LogP contribution in [0.4, 0.5) is 10.6 Å². The van der Waals surface area contributed by atoms with Crippen LogP contribution in [-0.2, 0) is 4.74 Å². The average Bonchev–Trinajstić information content (AvgIpc) is 2.69. The summed E-state index contributed by atoms with van der Waals surface area (Å²) in [4.78, 5) is 18.2. The Labute approximate surface area is 145 Å². The second-order valence-electron chi connectivity index (χ2n) is 6.46. The molecule has 7 heteroatoms. The second kappa shape index (κ2) is 7.77. The number of likely N-dealkylation sites (tertiary alicyclic amines) is 1. The summed E-state index contributed by atoms with van der Waals surface area (Å²) in [5.41, 5.74) is 3.55. The van der Waals surface area contributed by atoms with Gasteiger partial charge in [-0.3, -0.25) is 5.43 Å². The van der Waals surface area contributed by atoms with E-state index in [9.17, 15) is 4.79 Å². The Morgan fingerprint density at radius 3 is 2.83 bits per heavy atom. The third-order valence-electron chi connectivity index (χ3n) is 3.26. The maximum Gasteiger partial charge on any atom is 0.410 e. The van der Waals surface area contributed by atoms with Crippen LogP contribution in [0.15, 0.2) is 27.9 Å². The van der Waals surface area contributed by atoms with Crippen LogP contribution >= 0.6 is 15.9 Å². The molecule has 1 amide bonds. The van der Waals surface area contributed by atoms with Gasteiger partial charge in [-0.15, -0.1) is 0 Å². The Hall–Kier alpha value is -1.63. The summed E-state index contributed by atoms with van der Waals surface area (Å²) in [7, 11) is 0. The van der Waals surface area contributed by atoms with Gasteiger partial charge in [0.1, 0.15) is 16.0 Å². The Morgan fingerprint density at radius 2 is 2.13 bits per heavy atom. The van der Waals surface area contributed by atoms with Crippen molar-refractivity contribution in [2.75, 3.05) is 18.5 Å².